The third-order valence-corrected chi connectivity index (χ3v) is 4.74. The van der Waals surface area contributed by atoms with Gasteiger partial charge in [0.1, 0.15) is 0 Å². The number of methoxy groups -OCH3 is 2. The highest BCUT2D eigenvalue weighted by atomic mass is 35.5. The Balaban J connectivity index is 2.19. The number of rotatable bonds is 4. The number of nitrogens with zero attached hydrogens (tertiary/aromatic N) is 1. The van der Waals surface area contributed by atoms with Crippen LogP contribution in [0.4, 0.5) is 5.69 Å². The van der Waals surface area contributed by atoms with Gasteiger partial charge in [-0.05, 0) is 26.3 Å². The van der Waals surface area contributed by atoms with E-state index in [-0.39, 0.29) is 0 Å². The molecule has 1 saturated heterocycles. The predicted octanol–water partition coefficient (Wildman–Crippen LogP) is 3.50. The summed E-state index contributed by atoms with van der Waals surface area (Å²) in [5, 5.41) is 4.24. The average molecular weight is 313 g/mol. The van der Waals surface area contributed by atoms with Gasteiger partial charge in [0.2, 0.25) is 0 Å². The Morgan fingerprint density at radius 2 is 1.81 bits per heavy atom. The molecule has 0 radical (unpaired) electrons. The summed E-state index contributed by atoms with van der Waals surface area (Å²) in [6.07, 6.45) is 1.10. The molecule has 118 valence electrons. The molecule has 1 aromatic rings. The number of benzene rings is 1. The number of hydrogen-bond acceptors (Lipinski definition) is 4. The molecule has 3 unspecified atom stereocenters. The van der Waals surface area contributed by atoms with Crippen molar-refractivity contribution in [3.63, 3.8) is 0 Å². The zero-order valence-corrected chi connectivity index (χ0v) is 14.2. The van der Waals surface area contributed by atoms with Crippen LogP contribution in [0.15, 0.2) is 12.1 Å². The predicted molar refractivity (Wildman–Crippen MR) is 87.8 cm³/mol. The van der Waals surface area contributed by atoms with E-state index in [4.69, 9.17) is 21.1 Å². The Labute approximate surface area is 132 Å². The van der Waals surface area contributed by atoms with Crippen LogP contribution in [0.5, 0.6) is 11.5 Å². The molecule has 1 N–H and O–H groups in total. The highest BCUT2D eigenvalue weighted by Crippen LogP contribution is 2.37. The van der Waals surface area contributed by atoms with Crippen molar-refractivity contribution in [2.75, 3.05) is 33.1 Å². The number of piperidine rings is 1. The molecule has 0 bridgehead atoms. The third-order valence-electron chi connectivity index (χ3n) is 4.42. The fraction of sp³-hybridized carbons (Fsp3) is 0.625. The van der Waals surface area contributed by atoms with Gasteiger partial charge in [-0.25, -0.2) is 0 Å². The average Bonchev–Trinajstić information content (AvgIpc) is 2.46. The Hall–Kier alpha value is -1.13. The molecule has 1 aromatic carbocycles. The van der Waals surface area contributed by atoms with Crippen molar-refractivity contribution in [2.24, 2.45) is 5.92 Å². The highest BCUT2D eigenvalue weighted by molar-refractivity contribution is 6.33. The second-order valence-corrected chi connectivity index (χ2v) is 6.35. The number of ether oxygens (including phenoxy) is 2. The van der Waals surface area contributed by atoms with Gasteiger partial charge in [0.05, 0.1) is 24.9 Å². The van der Waals surface area contributed by atoms with Crippen molar-refractivity contribution in [1.29, 1.82) is 0 Å². The molecule has 0 amide bonds. The van der Waals surface area contributed by atoms with Crippen LogP contribution in [0.25, 0.3) is 0 Å². The Morgan fingerprint density at radius 1 is 1.19 bits per heavy atom. The zero-order valence-electron chi connectivity index (χ0n) is 13.4. The van der Waals surface area contributed by atoms with Crippen molar-refractivity contribution in [3.05, 3.63) is 17.2 Å². The fourth-order valence-corrected chi connectivity index (χ4v) is 3.12. The molecular weight excluding hydrogens is 288 g/mol. The van der Waals surface area contributed by atoms with Gasteiger partial charge in [-0.3, -0.25) is 0 Å². The second kappa shape index (κ2) is 6.75. The fourth-order valence-electron chi connectivity index (χ4n) is 2.91. The maximum absolute atomic E-state index is 6.36. The SMILES string of the molecule is COc1cc(Cl)c(NC2CC(C)N(C)CC2C)cc1OC. The summed E-state index contributed by atoms with van der Waals surface area (Å²) in [4.78, 5) is 2.40. The topological polar surface area (TPSA) is 33.7 Å². The lowest BCUT2D eigenvalue weighted by Gasteiger charge is -2.40. The molecule has 4 nitrogen and oxygen atoms in total. The van der Waals surface area contributed by atoms with E-state index in [2.05, 4.69) is 31.1 Å². The van der Waals surface area contributed by atoms with Gasteiger partial charge in [-0.1, -0.05) is 18.5 Å². The van der Waals surface area contributed by atoms with E-state index >= 15 is 0 Å². The molecular formula is C16H25ClN2O2. The zero-order chi connectivity index (χ0) is 15.6. The Morgan fingerprint density at radius 3 is 2.43 bits per heavy atom. The molecule has 2 rings (SSSR count). The van der Waals surface area contributed by atoms with Crippen LogP contribution < -0.4 is 14.8 Å². The van der Waals surface area contributed by atoms with E-state index in [1.807, 2.05) is 6.07 Å². The molecule has 5 heteroatoms. The first-order chi connectivity index (χ1) is 9.96. The van der Waals surface area contributed by atoms with E-state index in [9.17, 15) is 0 Å². The van der Waals surface area contributed by atoms with Crippen LogP contribution in [0, 0.1) is 5.92 Å². The summed E-state index contributed by atoms with van der Waals surface area (Å²) in [5.41, 5.74) is 0.905. The van der Waals surface area contributed by atoms with Crippen LogP contribution in [0.3, 0.4) is 0 Å². The monoisotopic (exact) mass is 312 g/mol. The highest BCUT2D eigenvalue weighted by Gasteiger charge is 2.29. The molecule has 0 aromatic heterocycles. The lowest BCUT2D eigenvalue weighted by Crippen LogP contribution is -2.48. The first kappa shape index (κ1) is 16.2. The number of likely N-dealkylation sites (tertiary alicyclic amines) is 1. The molecule has 1 aliphatic rings. The van der Waals surface area contributed by atoms with Crippen LogP contribution >= 0.6 is 11.6 Å². The lowest BCUT2D eigenvalue weighted by atomic mass is 9.89. The summed E-state index contributed by atoms with van der Waals surface area (Å²) in [6.45, 7) is 5.62. The molecule has 1 heterocycles. The minimum absolute atomic E-state index is 0.409. The number of anilines is 1. The maximum atomic E-state index is 6.36. The summed E-state index contributed by atoms with van der Waals surface area (Å²) >= 11 is 6.36. The van der Waals surface area contributed by atoms with Crippen LogP contribution in [0.1, 0.15) is 20.3 Å². The van der Waals surface area contributed by atoms with Crippen molar-refractivity contribution in [1.82, 2.24) is 4.90 Å². The normalized spacial score (nSPS) is 26.5. The van der Waals surface area contributed by atoms with Gasteiger partial charge in [0, 0.05) is 30.8 Å². The second-order valence-electron chi connectivity index (χ2n) is 5.94. The van der Waals surface area contributed by atoms with Gasteiger partial charge < -0.3 is 19.7 Å². The molecule has 0 saturated carbocycles. The molecule has 1 fully saturated rings. The maximum Gasteiger partial charge on any atom is 0.162 e. The number of nitrogens with one attached hydrogen (secondary N) is 1. The largest absolute Gasteiger partial charge is 0.493 e. The van der Waals surface area contributed by atoms with Crippen molar-refractivity contribution >= 4 is 17.3 Å². The lowest BCUT2D eigenvalue weighted by molar-refractivity contribution is 0.145. The number of halogens is 1. The first-order valence-corrected chi connectivity index (χ1v) is 7.72. The molecule has 3 atom stereocenters. The van der Waals surface area contributed by atoms with Crippen molar-refractivity contribution in [3.8, 4) is 11.5 Å². The van der Waals surface area contributed by atoms with Gasteiger partial charge >= 0.3 is 0 Å². The standard InChI is InChI=1S/C16H25ClN2O2/c1-10-9-19(3)11(2)6-13(10)18-14-8-16(21-5)15(20-4)7-12(14)17/h7-8,10-11,13,18H,6,9H2,1-5H3. The molecule has 1 aliphatic heterocycles. The van der Waals surface area contributed by atoms with Crippen LogP contribution in [-0.2, 0) is 0 Å². The quantitative estimate of drug-likeness (QED) is 0.922. The minimum atomic E-state index is 0.409. The third kappa shape index (κ3) is 3.55. The molecule has 0 aliphatic carbocycles. The summed E-state index contributed by atoms with van der Waals surface area (Å²) in [7, 11) is 5.43. The van der Waals surface area contributed by atoms with E-state index in [1.54, 1.807) is 20.3 Å². The summed E-state index contributed by atoms with van der Waals surface area (Å²) in [6, 6.07) is 4.69. The van der Waals surface area contributed by atoms with Gasteiger partial charge in [0.25, 0.3) is 0 Å². The van der Waals surface area contributed by atoms with E-state index < -0.39 is 0 Å². The van der Waals surface area contributed by atoms with Crippen molar-refractivity contribution < 1.29 is 9.47 Å². The van der Waals surface area contributed by atoms with Crippen LogP contribution in [0.2, 0.25) is 5.02 Å². The number of hydrogen-bond donors (Lipinski definition) is 1. The first-order valence-electron chi connectivity index (χ1n) is 7.34. The Bertz CT molecular complexity index is 495. The summed E-state index contributed by atoms with van der Waals surface area (Å²) < 4.78 is 10.6. The van der Waals surface area contributed by atoms with E-state index in [0.29, 0.717) is 34.5 Å². The molecule has 0 spiro atoms. The summed E-state index contributed by atoms with van der Waals surface area (Å²) in [5.74, 6) is 1.91. The van der Waals surface area contributed by atoms with Crippen molar-refractivity contribution in [2.45, 2.75) is 32.4 Å². The van der Waals surface area contributed by atoms with E-state index in [0.717, 1.165) is 18.7 Å². The smallest absolute Gasteiger partial charge is 0.162 e. The minimum Gasteiger partial charge on any atom is -0.493 e. The van der Waals surface area contributed by atoms with Gasteiger partial charge in [-0.2, -0.15) is 0 Å². The van der Waals surface area contributed by atoms with E-state index in [1.165, 1.54) is 0 Å². The van der Waals surface area contributed by atoms with Crippen LogP contribution in [-0.4, -0.2) is 44.8 Å². The van der Waals surface area contributed by atoms with Gasteiger partial charge in [-0.15, -0.1) is 0 Å². The Kier molecular flexibility index (Phi) is 5.22. The van der Waals surface area contributed by atoms with Gasteiger partial charge in [0.15, 0.2) is 11.5 Å². The molecule has 21 heavy (non-hydrogen) atoms.